The fraction of sp³-hybridized carbons (Fsp3) is 0.0909. The van der Waals surface area contributed by atoms with E-state index in [1.54, 1.807) is 6.07 Å². The SMILES string of the molecule is O=C(O)c1cnn(Cc2ccc(F)c(Cl)c2)c1. The molecule has 88 valence electrons. The minimum Gasteiger partial charge on any atom is -0.478 e. The molecule has 1 N–H and O–H groups in total. The fourth-order valence-corrected chi connectivity index (χ4v) is 1.59. The van der Waals surface area contributed by atoms with Crippen LogP contribution in [0.1, 0.15) is 15.9 Å². The van der Waals surface area contributed by atoms with Gasteiger partial charge in [-0.3, -0.25) is 4.68 Å². The van der Waals surface area contributed by atoms with E-state index in [9.17, 15) is 9.18 Å². The summed E-state index contributed by atoms with van der Waals surface area (Å²) in [6.45, 7) is 0.341. The number of aromatic carboxylic acids is 1. The molecule has 0 saturated carbocycles. The molecule has 2 rings (SSSR count). The number of carboxylic acids is 1. The molecule has 0 atom stereocenters. The van der Waals surface area contributed by atoms with E-state index in [1.807, 2.05) is 0 Å². The zero-order valence-corrected chi connectivity index (χ0v) is 9.36. The maximum Gasteiger partial charge on any atom is 0.338 e. The van der Waals surface area contributed by atoms with Crippen LogP contribution in [0.4, 0.5) is 4.39 Å². The first-order chi connectivity index (χ1) is 8.06. The molecule has 0 saturated heterocycles. The van der Waals surface area contributed by atoms with E-state index in [0.29, 0.717) is 6.54 Å². The number of carbonyl (C=O) groups is 1. The molecule has 2 aromatic rings. The van der Waals surface area contributed by atoms with Gasteiger partial charge in [-0.1, -0.05) is 17.7 Å². The first-order valence-corrected chi connectivity index (χ1v) is 5.14. The average Bonchev–Trinajstić information content (AvgIpc) is 2.72. The van der Waals surface area contributed by atoms with Crippen molar-refractivity contribution < 1.29 is 14.3 Å². The Labute approximate surface area is 101 Å². The van der Waals surface area contributed by atoms with E-state index in [1.165, 1.54) is 29.2 Å². The summed E-state index contributed by atoms with van der Waals surface area (Å²) in [5, 5.41) is 12.6. The van der Waals surface area contributed by atoms with Gasteiger partial charge in [0.1, 0.15) is 5.82 Å². The van der Waals surface area contributed by atoms with Crippen molar-refractivity contribution in [3.05, 3.63) is 52.6 Å². The van der Waals surface area contributed by atoms with Gasteiger partial charge in [0.25, 0.3) is 0 Å². The van der Waals surface area contributed by atoms with Crippen LogP contribution in [-0.4, -0.2) is 20.9 Å². The van der Waals surface area contributed by atoms with Crippen molar-refractivity contribution in [2.45, 2.75) is 6.54 Å². The van der Waals surface area contributed by atoms with Crippen LogP contribution in [-0.2, 0) is 6.54 Å². The minimum absolute atomic E-state index is 0.0353. The highest BCUT2D eigenvalue weighted by Crippen LogP contribution is 2.16. The van der Waals surface area contributed by atoms with Crippen molar-refractivity contribution in [3.8, 4) is 0 Å². The molecule has 0 fully saturated rings. The highest BCUT2D eigenvalue weighted by molar-refractivity contribution is 6.30. The highest BCUT2D eigenvalue weighted by Gasteiger charge is 2.07. The number of aromatic nitrogens is 2. The standard InChI is InChI=1S/C11H8ClFN2O2/c12-9-3-7(1-2-10(9)13)5-15-6-8(4-14-15)11(16)17/h1-4,6H,5H2,(H,16,17). The van der Waals surface area contributed by atoms with Crippen molar-refractivity contribution in [2.24, 2.45) is 0 Å². The Balaban J connectivity index is 2.19. The Morgan fingerprint density at radius 3 is 2.88 bits per heavy atom. The topological polar surface area (TPSA) is 55.1 Å². The molecular formula is C11H8ClFN2O2. The molecule has 0 unspecified atom stereocenters. The number of nitrogens with zero attached hydrogens (tertiary/aromatic N) is 2. The Morgan fingerprint density at radius 2 is 2.29 bits per heavy atom. The van der Waals surface area contributed by atoms with Gasteiger partial charge in [0.15, 0.2) is 0 Å². The molecule has 6 heteroatoms. The third kappa shape index (κ3) is 2.62. The normalized spacial score (nSPS) is 10.5. The molecule has 17 heavy (non-hydrogen) atoms. The van der Waals surface area contributed by atoms with Gasteiger partial charge in [0, 0.05) is 6.20 Å². The molecule has 0 aliphatic carbocycles. The molecule has 0 bridgehead atoms. The zero-order chi connectivity index (χ0) is 12.4. The van der Waals surface area contributed by atoms with Crippen LogP contribution in [0.25, 0.3) is 0 Å². The lowest BCUT2D eigenvalue weighted by Gasteiger charge is -2.02. The molecule has 1 aromatic heterocycles. The summed E-state index contributed by atoms with van der Waals surface area (Å²) in [6.07, 6.45) is 2.66. The zero-order valence-electron chi connectivity index (χ0n) is 8.60. The second kappa shape index (κ2) is 4.55. The van der Waals surface area contributed by atoms with Crippen molar-refractivity contribution in [1.29, 1.82) is 0 Å². The summed E-state index contributed by atoms with van der Waals surface area (Å²) in [6, 6.07) is 4.32. The van der Waals surface area contributed by atoms with E-state index in [2.05, 4.69) is 5.10 Å². The van der Waals surface area contributed by atoms with Gasteiger partial charge in [-0.25, -0.2) is 9.18 Å². The summed E-state index contributed by atoms with van der Waals surface area (Å²) in [7, 11) is 0. The second-order valence-corrected chi connectivity index (χ2v) is 3.89. The van der Waals surface area contributed by atoms with E-state index < -0.39 is 11.8 Å². The van der Waals surface area contributed by atoms with E-state index >= 15 is 0 Å². The summed E-state index contributed by atoms with van der Waals surface area (Å²) in [5.41, 5.74) is 0.856. The molecule has 0 radical (unpaired) electrons. The minimum atomic E-state index is -1.03. The number of benzene rings is 1. The molecule has 0 aliphatic rings. The number of rotatable bonds is 3. The monoisotopic (exact) mass is 254 g/mol. The number of hydrogen-bond acceptors (Lipinski definition) is 2. The summed E-state index contributed by atoms with van der Waals surface area (Å²) in [5.74, 6) is -1.52. The van der Waals surface area contributed by atoms with Crippen molar-refractivity contribution >= 4 is 17.6 Å². The van der Waals surface area contributed by atoms with E-state index in [4.69, 9.17) is 16.7 Å². The third-order valence-electron chi connectivity index (χ3n) is 2.21. The summed E-state index contributed by atoms with van der Waals surface area (Å²) >= 11 is 5.64. The maximum absolute atomic E-state index is 12.9. The highest BCUT2D eigenvalue weighted by atomic mass is 35.5. The van der Waals surface area contributed by atoms with E-state index in [0.717, 1.165) is 5.56 Å². The van der Waals surface area contributed by atoms with Crippen LogP contribution >= 0.6 is 11.6 Å². The van der Waals surface area contributed by atoms with E-state index in [-0.39, 0.29) is 10.6 Å². The quantitative estimate of drug-likeness (QED) is 0.915. The number of carboxylic acid groups (broad SMARTS) is 1. The fourth-order valence-electron chi connectivity index (χ4n) is 1.39. The van der Waals surface area contributed by atoms with Crippen molar-refractivity contribution in [1.82, 2.24) is 9.78 Å². The molecule has 1 aromatic carbocycles. The van der Waals surface area contributed by atoms with Crippen LogP contribution in [0.3, 0.4) is 0 Å². The van der Waals surface area contributed by atoms with Gasteiger partial charge in [-0.15, -0.1) is 0 Å². The predicted octanol–water partition coefficient (Wildman–Crippen LogP) is 2.42. The lowest BCUT2D eigenvalue weighted by Crippen LogP contribution is -2.00. The Hall–Kier alpha value is -1.88. The van der Waals surface area contributed by atoms with Gasteiger partial charge in [-0.05, 0) is 17.7 Å². The van der Waals surface area contributed by atoms with Gasteiger partial charge in [0.2, 0.25) is 0 Å². The van der Waals surface area contributed by atoms with Crippen LogP contribution in [0.5, 0.6) is 0 Å². The van der Waals surface area contributed by atoms with Gasteiger partial charge >= 0.3 is 5.97 Å². The number of halogens is 2. The molecule has 0 aliphatic heterocycles. The van der Waals surface area contributed by atoms with Crippen LogP contribution in [0, 0.1) is 5.82 Å². The first kappa shape index (κ1) is 11.6. The number of hydrogen-bond donors (Lipinski definition) is 1. The first-order valence-electron chi connectivity index (χ1n) is 4.76. The Morgan fingerprint density at radius 1 is 1.53 bits per heavy atom. The summed E-state index contributed by atoms with van der Waals surface area (Å²) in [4.78, 5) is 10.6. The van der Waals surface area contributed by atoms with Gasteiger partial charge < -0.3 is 5.11 Å². The van der Waals surface area contributed by atoms with Crippen LogP contribution in [0.2, 0.25) is 5.02 Å². The smallest absolute Gasteiger partial charge is 0.338 e. The Kier molecular flexibility index (Phi) is 3.10. The van der Waals surface area contributed by atoms with Gasteiger partial charge in [-0.2, -0.15) is 5.10 Å². The lowest BCUT2D eigenvalue weighted by atomic mass is 10.2. The Bertz CT molecular complexity index is 568. The van der Waals surface area contributed by atoms with Gasteiger partial charge in [0.05, 0.1) is 23.3 Å². The maximum atomic E-state index is 12.9. The molecule has 0 amide bonds. The lowest BCUT2D eigenvalue weighted by molar-refractivity contribution is 0.0697. The second-order valence-electron chi connectivity index (χ2n) is 3.48. The van der Waals surface area contributed by atoms with Crippen molar-refractivity contribution in [2.75, 3.05) is 0 Å². The van der Waals surface area contributed by atoms with Crippen molar-refractivity contribution in [3.63, 3.8) is 0 Å². The molecule has 0 spiro atoms. The largest absolute Gasteiger partial charge is 0.478 e. The van der Waals surface area contributed by atoms with Crippen LogP contribution in [0.15, 0.2) is 30.6 Å². The third-order valence-corrected chi connectivity index (χ3v) is 2.50. The summed E-state index contributed by atoms with van der Waals surface area (Å²) < 4.78 is 14.4. The molecule has 4 nitrogen and oxygen atoms in total. The average molecular weight is 255 g/mol. The van der Waals surface area contributed by atoms with Crippen LogP contribution < -0.4 is 0 Å². The molecular weight excluding hydrogens is 247 g/mol. The molecule has 1 heterocycles. The predicted molar refractivity (Wildman–Crippen MR) is 59.7 cm³/mol.